The Morgan fingerprint density at radius 3 is 2.46 bits per heavy atom. The van der Waals surface area contributed by atoms with E-state index in [1.165, 1.54) is 0 Å². The van der Waals surface area contributed by atoms with Crippen molar-refractivity contribution in [3.8, 4) is 0 Å². The molecule has 1 aliphatic heterocycles. The summed E-state index contributed by atoms with van der Waals surface area (Å²) < 4.78 is 30.9. The van der Waals surface area contributed by atoms with Gasteiger partial charge < -0.3 is 4.42 Å². The average Bonchev–Trinajstić information content (AvgIpc) is 2.54. The highest BCUT2D eigenvalue weighted by molar-refractivity contribution is 7.93. The Hall–Kier alpha value is -1.23. The van der Waals surface area contributed by atoms with E-state index in [9.17, 15) is 8.42 Å². The molecule has 0 radical (unpaired) electrons. The molecule has 2 aromatic heterocycles. The molecule has 0 aliphatic carbocycles. The molecule has 4 nitrogen and oxygen atoms in total. The van der Waals surface area contributed by atoms with Crippen LogP contribution < -0.4 is 4.72 Å². The first-order valence-electron chi connectivity index (χ1n) is 3.90. The molecule has 0 atom stereocenters. The third-order valence-electron chi connectivity index (χ3n) is 2.54. The summed E-state index contributed by atoms with van der Waals surface area (Å²) in [6, 6.07) is 0. The van der Waals surface area contributed by atoms with Crippen molar-refractivity contribution in [1.82, 2.24) is 0 Å². The van der Waals surface area contributed by atoms with E-state index in [1.807, 2.05) is 6.92 Å². The third kappa shape index (κ3) is 0.581. The molecule has 2 aromatic rings. The number of sulfonamides is 1. The summed E-state index contributed by atoms with van der Waals surface area (Å²) in [5.41, 5.74) is 3.42. The highest BCUT2D eigenvalue weighted by Crippen LogP contribution is 2.47. The predicted octanol–water partition coefficient (Wildman–Crippen LogP) is 1.60. The van der Waals surface area contributed by atoms with Crippen molar-refractivity contribution in [2.45, 2.75) is 18.7 Å². The monoisotopic (exact) mass is 197 g/mol. The molecule has 0 aromatic carbocycles. The second-order valence-corrected chi connectivity index (χ2v) is 4.94. The largest absolute Gasteiger partial charge is 0.453 e. The van der Waals surface area contributed by atoms with Gasteiger partial charge >= 0.3 is 0 Å². The summed E-state index contributed by atoms with van der Waals surface area (Å²) in [7, 11) is -3.32. The first-order valence-corrected chi connectivity index (χ1v) is 5.38. The molecule has 0 spiro atoms. The van der Waals surface area contributed by atoms with Gasteiger partial charge in [0.2, 0.25) is 0 Å². The van der Waals surface area contributed by atoms with E-state index in [0.717, 1.165) is 11.1 Å². The van der Waals surface area contributed by atoms with Gasteiger partial charge in [-0.05, 0) is 13.8 Å². The number of fused-ring (bicyclic) bond motifs is 1. The summed E-state index contributed by atoms with van der Waals surface area (Å²) in [5, 5.41) is 0. The maximum absolute atomic E-state index is 11.5. The van der Waals surface area contributed by atoms with E-state index in [0.29, 0.717) is 21.7 Å². The van der Waals surface area contributed by atoms with Crippen molar-refractivity contribution < 1.29 is 12.8 Å². The Labute approximate surface area is 74.9 Å². The van der Waals surface area contributed by atoms with Crippen molar-refractivity contribution in [3.05, 3.63) is 11.1 Å². The average molecular weight is 197 g/mol. The number of anilines is 1. The van der Waals surface area contributed by atoms with Gasteiger partial charge in [0, 0.05) is 11.1 Å². The topological polar surface area (TPSA) is 59.3 Å². The Kier molecular flexibility index (Phi) is 0.928. The lowest BCUT2D eigenvalue weighted by molar-refractivity contribution is 0.602. The fraction of sp³-hybridized carbons (Fsp3) is 0.250. The molecule has 68 valence electrons. The highest BCUT2D eigenvalue weighted by Gasteiger charge is 2.38. The Bertz CT molecular complexity index is 608. The van der Waals surface area contributed by atoms with Gasteiger partial charge in [-0.1, -0.05) is 0 Å². The van der Waals surface area contributed by atoms with Gasteiger partial charge in [0.05, 0.1) is 5.69 Å². The number of furan rings is 2. The molecule has 0 amide bonds. The van der Waals surface area contributed by atoms with E-state index in [-0.39, 0.29) is 0 Å². The van der Waals surface area contributed by atoms with Crippen LogP contribution in [-0.2, 0) is 10.0 Å². The van der Waals surface area contributed by atoms with Crippen molar-refractivity contribution in [2.75, 3.05) is 4.72 Å². The normalized spacial score (nSPS) is 18.3. The number of nitrogens with one attached hydrogen (secondary N) is 1. The fourth-order valence-corrected chi connectivity index (χ4v) is 3.44. The van der Waals surface area contributed by atoms with Gasteiger partial charge in [-0.15, -0.1) is 0 Å². The Morgan fingerprint density at radius 1 is 1.15 bits per heavy atom. The minimum absolute atomic E-state index is 0.322. The van der Waals surface area contributed by atoms with E-state index in [2.05, 4.69) is 4.72 Å². The minimum Gasteiger partial charge on any atom is -0.453 e. The summed E-state index contributed by atoms with van der Waals surface area (Å²) in [4.78, 5) is 0.322. The molecular formula is C8H7NO3S. The van der Waals surface area contributed by atoms with Crippen LogP contribution in [0.3, 0.4) is 0 Å². The molecule has 3 heterocycles. The van der Waals surface area contributed by atoms with Gasteiger partial charge in [-0.25, -0.2) is 8.42 Å². The molecule has 5 heteroatoms. The molecule has 0 unspecified atom stereocenters. The quantitative estimate of drug-likeness (QED) is 0.697. The summed E-state index contributed by atoms with van der Waals surface area (Å²) in [6.45, 7) is 3.62. The van der Waals surface area contributed by atoms with Crippen LogP contribution in [0.2, 0.25) is 0 Å². The molecule has 13 heavy (non-hydrogen) atoms. The lowest BCUT2D eigenvalue weighted by atomic mass is 10.1. The zero-order chi connectivity index (χ0) is 9.38. The summed E-state index contributed by atoms with van der Waals surface area (Å²) in [5.74, 6) is 0. The number of benzene rings is 1. The van der Waals surface area contributed by atoms with Crippen molar-refractivity contribution >= 4 is 26.9 Å². The van der Waals surface area contributed by atoms with Crippen molar-refractivity contribution in [2.24, 2.45) is 0 Å². The predicted molar refractivity (Wildman–Crippen MR) is 47.7 cm³/mol. The van der Waals surface area contributed by atoms with Gasteiger partial charge in [0.15, 0.2) is 5.58 Å². The third-order valence-corrected chi connectivity index (χ3v) is 4.04. The van der Waals surface area contributed by atoms with Crippen LogP contribution in [0.1, 0.15) is 11.1 Å². The van der Waals surface area contributed by atoms with E-state index < -0.39 is 10.0 Å². The van der Waals surface area contributed by atoms with Crippen molar-refractivity contribution in [3.63, 3.8) is 0 Å². The van der Waals surface area contributed by atoms with Crippen LogP contribution in [-0.4, -0.2) is 8.42 Å². The SMILES string of the molecule is Cc1c2c3oc1c(C)c3S(=O)(=O)N2. The zero-order valence-electron chi connectivity index (χ0n) is 7.13. The minimum atomic E-state index is -3.32. The molecule has 0 saturated heterocycles. The molecule has 1 aliphatic rings. The van der Waals surface area contributed by atoms with E-state index >= 15 is 0 Å². The molecule has 2 bridgehead atoms. The summed E-state index contributed by atoms with van der Waals surface area (Å²) in [6.07, 6.45) is 0. The van der Waals surface area contributed by atoms with Gasteiger partial charge in [-0.2, -0.15) is 0 Å². The van der Waals surface area contributed by atoms with E-state index in [1.54, 1.807) is 6.92 Å². The smallest absolute Gasteiger partial charge is 0.266 e. The van der Waals surface area contributed by atoms with Crippen LogP contribution in [0.4, 0.5) is 5.69 Å². The number of hydrogen-bond acceptors (Lipinski definition) is 3. The lowest BCUT2D eigenvalue weighted by Gasteiger charge is -1.93. The Morgan fingerprint density at radius 2 is 1.85 bits per heavy atom. The van der Waals surface area contributed by atoms with Crippen LogP contribution in [0.5, 0.6) is 0 Å². The molecule has 1 N–H and O–H groups in total. The lowest BCUT2D eigenvalue weighted by Crippen LogP contribution is -2.06. The highest BCUT2D eigenvalue weighted by atomic mass is 32.2. The van der Waals surface area contributed by atoms with Crippen LogP contribution in [0.15, 0.2) is 9.31 Å². The number of aryl methyl sites for hydroxylation is 2. The van der Waals surface area contributed by atoms with E-state index in [4.69, 9.17) is 4.42 Å². The molecule has 3 rings (SSSR count). The first-order chi connectivity index (χ1) is 6.02. The molecule has 0 saturated carbocycles. The Balaban J connectivity index is 2.66. The number of rotatable bonds is 0. The van der Waals surface area contributed by atoms with Gasteiger partial charge in [0.1, 0.15) is 10.5 Å². The standard InChI is InChI=1S/C8H7NO3S/c1-3-5-7-8(13(10,11)9-5)4(2)6(3)12-7/h9H,1-2H3. The fourth-order valence-electron chi connectivity index (χ4n) is 1.94. The zero-order valence-corrected chi connectivity index (χ0v) is 7.95. The van der Waals surface area contributed by atoms with Gasteiger partial charge in [-0.3, -0.25) is 4.72 Å². The van der Waals surface area contributed by atoms with Gasteiger partial charge in [0.25, 0.3) is 10.0 Å². The second kappa shape index (κ2) is 1.68. The summed E-state index contributed by atoms with van der Waals surface area (Å²) >= 11 is 0. The van der Waals surface area contributed by atoms with Crippen molar-refractivity contribution in [1.29, 1.82) is 0 Å². The van der Waals surface area contributed by atoms with Crippen LogP contribution >= 0.6 is 0 Å². The van der Waals surface area contributed by atoms with Crippen LogP contribution in [0, 0.1) is 13.8 Å². The number of hydrogen-bond donors (Lipinski definition) is 1. The van der Waals surface area contributed by atoms with Crippen LogP contribution in [0.25, 0.3) is 11.2 Å². The maximum Gasteiger partial charge on any atom is 0.266 e. The maximum atomic E-state index is 11.5. The molecule has 0 fully saturated rings. The molecular weight excluding hydrogens is 190 g/mol. The second-order valence-electron chi connectivity index (χ2n) is 3.32. The first kappa shape index (κ1) is 7.20.